The minimum absolute atomic E-state index is 0.0654. The van der Waals surface area contributed by atoms with E-state index in [-0.39, 0.29) is 22.0 Å². The van der Waals surface area contributed by atoms with Gasteiger partial charge in [-0.3, -0.25) is 9.59 Å². The van der Waals surface area contributed by atoms with Crippen molar-refractivity contribution in [3.05, 3.63) is 33.8 Å². The number of hydrogen-bond acceptors (Lipinski definition) is 3. The highest BCUT2D eigenvalue weighted by Gasteiger charge is 2.23. The Hall–Kier alpha value is -1.74. The molecule has 7 heteroatoms. The molecule has 0 spiro atoms. The monoisotopic (exact) mass is 314 g/mol. The Morgan fingerprint density at radius 2 is 1.90 bits per heavy atom. The van der Waals surface area contributed by atoms with Crippen molar-refractivity contribution in [2.45, 2.75) is 18.6 Å². The van der Waals surface area contributed by atoms with Crippen LogP contribution in [0.5, 0.6) is 0 Å². The van der Waals surface area contributed by atoms with Crippen LogP contribution in [-0.4, -0.2) is 23.0 Å². The van der Waals surface area contributed by atoms with Gasteiger partial charge in [-0.2, -0.15) is 0 Å². The molecule has 1 aromatic carbocycles. The predicted molar refractivity (Wildman–Crippen MR) is 76.0 cm³/mol. The summed E-state index contributed by atoms with van der Waals surface area (Å²) < 4.78 is 0. The number of nitrogens with two attached hydrogens (primary N) is 1. The number of aliphatic hydroxyl groups excluding tert-OH is 1. The first-order chi connectivity index (χ1) is 9.35. The zero-order valence-electron chi connectivity index (χ0n) is 10.3. The van der Waals surface area contributed by atoms with Crippen LogP contribution in [0.1, 0.15) is 18.1 Å². The van der Waals surface area contributed by atoms with Gasteiger partial charge in [0, 0.05) is 16.5 Å². The summed E-state index contributed by atoms with van der Waals surface area (Å²) in [7, 11) is 0. The molecule has 5 nitrogen and oxygen atoms in total. The molecule has 2 atom stereocenters. The molecule has 4 N–H and O–H groups in total. The van der Waals surface area contributed by atoms with Crippen LogP contribution in [0.2, 0.25) is 10.0 Å². The maximum atomic E-state index is 11.8. The van der Waals surface area contributed by atoms with E-state index in [1.54, 1.807) is 0 Å². The average Bonchev–Trinajstić information content (AvgIpc) is 2.35. The van der Waals surface area contributed by atoms with Crippen LogP contribution >= 0.6 is 23.2 Å². The van der Waals surface area contributed by atoms with Gasteiger partial charge in [-0.1, -0.05) is 23.2 Å². The number of nitrogens with one attached hydrogen (secondary N) is 1. The Labute approximate surface area is 126 Å². The highest BCUT2D eigenvalue weighted by molar-refractivity contribution is 6.34. The number of terminal acetylenes is 1. The molecular formula is C13H12Cl2N2O3. The van der Waals surface area contributed by atoms with Crippen LogP contribution < -0.4 is 11.1 Å². The number of rotatable bonds is 5. The SMILES string of the molecule is C#CC[C@@H](NC(=O)[C@H](O)c1cc(Cl)cc(Cl)c1)C(N)=O. The largest absolute Gasteiger partial charge is 0.378 e. The van der Waals surface area contributed by atoms with Crippen molar-refractivity contribution in [2.24, 2.45) is 5.73 Å². The minimum atomic E-state index is -1.54. The molecular weight excluding hydrogens is 303 g/mol. The van der Waals surface area contributed by atoms with Gasteiger partial charge in [0.2, 0.25) is 5.91 Å². The summed E-state index contributed by atoms with van der Waals surface area (Å²) in [5.74, 6) is 0.610. The van der Waals surface area contributed by atoms with Gasteiger partial charge >= 0.3 is 0 Å². The normalized spacial score (nSPS) is 13.1. The highest BCUT2D eigenvalue weighted by atomic mass is 35.5. The maximum Gasteiger partial charge on any atom is 0.254 e. The molecule has 0 saturated carbocycles. The highest BCUT2D eigenvalue weighted by Crippen LogP contribution is 2.23. The lowest BCUT2D eigenvalue weighted by molar-refractivity contribution is -0.133. The van der Waals surface area contributed by atoms with Gasteiger partial charge in [0.1, 0.15) is 6.04 Å². The fourth-order valence-electron chi connectivity index (χ4n) is 1.48. The molecule has 1 rings (SSSR count). The number of primary amides is 1. The Morgan fingerprint density at radius 1 is 1.35 bits per heavy atom. The molecule has 0 unspecified atom stereocenters. The first-order valence-electron chi connectivity index (χ1n) is 5.52. The first kappa shape index (κ1) is 16.3. The zero-order chi connectivity index (χ0) is 15.3. The van der Waals surface area contributed by atoms with E-state index >= 15 is 0 Å². The first-order valence-corrected chi connectivity index (χ1v) is 6.28. The summed E-state index contributed by atoms with van der Waals surface area (Å²) in [5.41, 5.74) is 5.28. The fraction of sp³-hybridized carbons (Fsp3) is 0.231. The lowest BCUT2D eigenvalue weighted by Crippen LogP contribution is -2.45. The molecule has 106 valence electrons. The standard InChI is InChI=1S/C13H12Cl2N2O3/c1-2-3-10(12(16)19)17-13(20)11(18)7-4-8(14)6-9(15)5-7/h1,4-6,10-11,18H,3H2,(H2,16,19)(H,17,20)/t10-,11-/m1/s1. The molecule has 0 fully saturated rings. The maximum absolute atomic E-state index is 11.8. The lowest BCUT2D eigenvalue weighted by atomic mass is 10.1. The topological polar surface area (TPSA) is 92.4 Å². The predicted octanol–water partition coefficient (Wildman–Crippen LogP) is 1.02. The van der Waals surface area contributed by atoms with Crippen molar-refractivity contribution in [1.29, 1.82) is 0 Å². The van der Waals surface area contributed by atoms with E-state index in [0.29, 0.717) is 0 Å². The summed E-state index contributed by atoms with van der Waals surface area (Å²) in [6.07, 6.45) is 3.46. The van der Waals surface area contributed by atoms with Crippen molar-refractivity contribution in [3.63, 3.8) is 0 Å². The van der Waals surface area contributed by atoms with Crippen molar-refractivity contribution in [1.82, 2.24) is 5.32 Å². The van der Waals surface area contributed by atoms with Crippen LogP contribution in [0, 0.1) is 12.3 Å². The van der Waals surface area contributed by atoms with Crippen molar-refractivity contribution in [2.75, 3.05) is 0 Å². The van der Waals surface area contributed by atoms with Crippen LogP contribution in [-0.2, 0) is 9.59 Å². The van der Waals surface area contributed by atoms with Gasteiger partial charge in [-0.15, -0.1) is 12.3 Å². The van der Waals surface area contributed by atoms with Crippen LogP contribution in [0.4, 0.5) is 0 Å². The van der Waals surface area contributed by atoms with E-state index in [9.17, 15) is 14.7 Å². The number of carbonyl (C=O) groups is 2. The van der Waals surface area contributed by atoms with Crippen LogP contribution in [0.25, 0.3) is 0 Å². The smallest absolute Gasteiger partial charge is 0.254 e. The second kappa shape index (κ2) is 7.15. The molecule has 0 saturated heterocycles. The van der Waals surface area contributed by atoms with Gasteiger partial charge in [0.25, 0.3) is 5.91 Å². The quantitative estimate of drug-likeness (QED) is 0.708. The van der Waals surface area contributed by atoms with Gasteiger partial charge in [-0.25, -0.2) is 0 Å². The van der Waals surface area contributed by atoms with Gasteiger partial charge in [0.05, 0.1) is 0 Å². The van der Waals surface area contributed by atoms with E-state index in [1.165, 1.54) is 18.2 Å². The summed E-state index contributed by atoms with van der Waals surface area (Å²) in [4.78, 5) is 22.9. The summed E-state index contributed by atoms with van der Waals surface area (Å²) in [6.45, 7) is 0. The third kappa shape index (κ3) is 4.42. The third-order valence-electron chi connectivity index (χ3n) is 2.43. The Morgan fingerprint density at radius 3 is 2.35 bits per heavy atom. The van der Waals surface area contributed by atoms with Crippen LogP contribution in [0.3, 0.4) is 0 Å². The second-order valence-electron chi connectivity index (χ2n) is 3.98. The van der Waals surface area contributed by atoms with E-state index in [2.05, 4.69) is 11.2 Å². The lowest BCUT2D eigenvalue weighted by Gasteiger charge is -2.16. The number of hydrogen-bond donors (Lipinski definition) is 3. The van der Waals surface area contributed by atoms with E-state index in [1.807, 2.05) is 0 Å². The zero-order valence-corrected chi connectivity index (χ0v) is 11.8. The molecule has 0 aliphatic carbocycles. The number of aliphatic hydroxyl groups is 1. The van der Waals surface area contributed by atoms with Crippen molar-refractivity contribution >= 4 is 35.0 Å². The molecule has 0 bridgehead atoms. The average molecular weight is 315 g/mol. The van der Waals surface area contributed by atoms with E-state index in [4.69, 9.17) is 35.4 Å². The summed E-state index contributed by atoms with van der Waals surface area (Å²) in [6, 6.07) is 3.19. The van der Waals surface area contributed by atoms with E-state index in [0.717, 1.165) is 0 Å². The molecule has 0 heterocycles. The van der Waals surface area contributed by atoms with Gasteiger partial charge in [-0.05, 0) is 23.8 Å². The Bertz CT molecular complexity index is 549. The van der Waals surface area contributed by atoms with Crippen LogP contribution in [0.15, 0.2) is 18.2 Å². The Kier molecular flexibility index (Phi) is 5.83. The second-order valence-corrected chi connectivity index (χ2v) is 4.85. The Balaban J connectivity index is 2.86. The molecule has 0 radical (unpaired) electrons. The molecule has 0 aromatic heterocycles. The number of amides is 2. The summed E-state index contributed by atoms with van der Waals surface area (Å²) >= 11 is 11.6. The van der Waals surface area contributed by atoms with Gasteiger partial charge < -0.3 is 16.2 Å². The number of carbonyl (C=O) groups excluding carboxylic acids is 2. The molecule has 0 aliphatic rings. The molecule has 20 heavy (non-hydrogen) atoms. The molecule has 2 amide bonds. The third-order valence-corrected chi connectivity index (χ3v) is 2.87. The van der Waals surface area contributed by atoms with Crippen molar-refractivity contribution < 1.29 is 14.7 Å². The molecule has 0 aliphatic heterocycles. The van der Waals surface area contributed by atoms with Crippen molar-refractivity contribution in [3.8, 4) is 12.3 Å². The minimum Gasteiger partial charge on any atom is -0.378 e. The molecule has 1 aromatic rings. The van der Waals surface area contributed by atoms with E-state index < -0.39 is 24.0 Å². The van der Waals surface area contributed by atoms with Gasteiger partial charge in [0.15, 0.2) is 6.10 Å². The fourth-order valence-corrected chi connectivity index (χ4v) is 2.02. The summed E-state index contributed by atoms with van der Waals surface area (Å²) in [5, 5.41) is 12.7. The number of halogens is 2. The number of benzene rings is 1.